The standard InChI is InChI=1S/C14H15FN2O/c15-11-6-4-9(5-7-11)13-12(8-16-17-13)14(18)10-2-1-3-10/h4-8,10,14,18H,1-3H2,(H,16,17). The molecule has 1 unspecified atom stereocenters. The zero-order valence-corrected chi connectivity index (χ0v) is 9.94. The van der Waals surface area contributed by atoms with Crippen LogP contribution < -0.4 is 0 Å². The molecule has 1 atom stereocenters. The maximum absolute atomic E-state index is 12.9. The first-order valence-corrected chi connectivity index (χ1v) is 6.23. The summed E-state index contributed by atoms with van der Waals surface area (Å²) in [5.41, 5.74) is 2.45. The van der Waals surface area contributed by atoms with Crippen LogP contribution in [-0.4, -0.2) is 15.3 Å². The van der Waals surface area contributed by atoms with E-state index in [0.29, 0.717) is 5.92 Å². The van der Waals surface area contributed by atoms with Gasteiger partial charge in [0.1, 0.15) is 5.82 Å². The molecule has 1 aliphatic rings. The molecule has 4 heteroatoms. The minimum absolute atomic E-state index is 0.264. The van der Waals surface area contributed by atoms with Gasteiger partial charge in [0.25, 0.3) is 0 Å². The van der Waals surface area contributed by atoms with Gasteiger partial charge < -0.3 is 5.11 Å². The summed E-state index contributed by atoms with van der Waals surface area (Å²) in [4.78, 5) is 0. The highest BCUT2D eigenvalue weighted by Gasteiger charge is 2.29. The van der Waals surface area contributed by atoms with Crippen molar-refractivity contribution in [3.8, 4) is 11.3 Å². The van der Waals surface area contributed by atoms with E-state index in [-0.39, 0.29) is 5.82 Å². The van der Waals surface area contributed by atoms with Crippen molar-refractivity contribution in [2.24, 2.45) is 5.92 Å². The molecule has 3 rings (SSSR count). The number of aliphatic hydroxyl groups excluding tert-OH is 1. The zero-order valence-electron chi connectivity index (χ0n) is 9.94. The van der Waals surface area contributed by atoms with Crippen molar-refractivity contribution in [3.05, 3.63) is 41.8 Å². The number of rotatable bonds is 3. The van der Waals surface area contributed by atoms with Gasteiger partial charge in [-0.25, -0.2) is 4.39 Å². The lowest BCUT2D eigenvalue weighted by atomic mass is 9.78. The van der Waals surface area contributed by atoms with Crippen LogP contribution >= 0.6 is 0 Å². The van der Waals surface area contributed by atoms with E-state index in [9.17, 15) is 9.50 Å². The quantitative estimate of drug-likeness (QED) is 0.874. The van der Waals surface area contributed by atoms with Crippen LogP contribution in [0.5, 0.6) is 0 Å². The fourth-order valence-electron chi connectivity index (χ4n) is 2.38. The molecule has 0 spiro atoms. The fourth-order valence-corrected chi connectivity index (χ4v) is 2.38. The largest absolute Gasteiger partial charge is 0.388 e. The molecule has 1 aromatic heterocycles. The summed E-state index contributed by atoms with van der Waals surface area (Å²) >= 11 is 0. The molecule has 3 nitrogen and oxygen atoms in total. The van der Waals surface area contributed by atoms with Crippen LogP contribution in [0.1, 0.15) is 30.9 Å². The predicted molar refractivity (Wildman–Crippen MR) is 66.3 cm³/mol. The summed E-state index contributed by atoms with van der Waals surface area (Å²) in [6, 6.07) is 6.21. The van der Waals surface area contributed by atoms with Crippen molar-refractivity contribution in [2.45, 2.75) is 25.4 Å². The summed E-state index contributed by atoms with van der Waals surface area (Å²) < 4.78 is 12.9. The Bertz CT molecular complexity index is 531. The SMILES string of the molecule is OC(c1cn[nH]c1-c1ccc(F)cc1)C1CCC1. The average molecular weight is 246 g/mol. The molecule has 2 aromatic rings. The molecule has 2 N–H and O–H groups in total. The van der Waals surface area contributed by atoms with Gasteiger partial charge in [-0.15, -0.1) is 0 Å². The Morgan fingerprint density at radius 1 is 1.28 bits per heavy atom. The van der Waals surface area contributed by atoms with Gasteiger partial charge in [0, 0.05) is 11.1 Å². The number of H-pyrrole nitrogens is 1. The Hall–Kier alpha value is -1.68. The van der Waals surface area contributed by atoms with Crippen molar-refractivity contribution in [1.29, 1.82) is 0 Å². The molecule has 1 aromatic carbocycles. The summed E-state index contributed by atoms with van der Waals surface area (Å²) in [6.45, 7) is 0. The Balaban J connectivity index is 1.93. The second-order valence-electron chi connectivity index (χ2n) is 4.84. The van der Waals surface area contributed by atoms with E-state index >= 15 is 0 Å². The van der Waals surface area contributed by atoms with E-state index in [2.05, 4.69) is 10.2 Å². The number of hydrogen-bond donors (Lipinski definition) is 2. The summed E-state index contributed by atoms with van der Waals surface area (Å²) in [7, 11) is 0. The van der Waals surface area contributed by atoms with Crippen LogP contribution in [0.2, 0.25) is 0 Å². The smallest absolute Gasteiger partial charge is 0.123 e. The molecule has 0 radical (unpaired) electrons. The first-order valence-electron chi connectivity index (χ1n) is 6.23. The minimum atomic E-state index is -0.474. The molecular formula is C14H15FN2O. The van der Waals surface area contributed by atoms with E-state index in [1.54, 1.807) is 18.3 Å². The van der Waals surface area contributed by atoms with E-state index in [4.69, 9.17) is 0 Å². The number of aromatic amines is 1. The van der Waals surface area contributed by atoms with Gasteiger partial charge in [0.05, 0.1) is 18.0 Å². The molecule has 94 valence electrons. The number of halogens is 1. The van der Waals surface area contributed by atoms with Crippen LogP contribution in [0.3, 0.4) is 0 Å². The molecule has 0 bridgehead atoms. The Labute approximate surface area is 105 Å². The van der Waals surface area contributed by atoms with Gasteiger partial charge in [-0.3, -0.25) is 5.10 Å². The van der Waals surface area contributed by atoms with Gasteiger partial charge in [-0.2, -0.15) is 5.10 Å². The third kappa shape index (κ3) is 1.93. The van der Waals surface area contributed by atoms with Crippen LogP contribution in [0.25, 0.3) is 11.3 Å². The highest BCUT2D eigenvalue weighted by Crippen LogP contribution is 2.40. The Morgan fingerprint density at radius 3 is 2.61 bits per heavy atom. The monoisotopic (exact) mass is 246 g/mol. The lowest BCUT2D eigenvalue weighted by molar-refractivity contribution is 0.0625. The Morgan fingerprint density at radius 2 is 2.00 bits per heavy atom. The lowest BCUT2D eigenvalue weighted by Crippen LogP contribution is -2.20. The van der Waals surface area contributed by atoms with Gasteiger partial charge in [0.2, 0.25) is 0 Å². The van der Waals surface area contributed by atoms with Gasteiger partial charge in [0.15, 0.2) is 0 Å². The van der Waals surface area contributed by atoms with Crippen LogP contribution in [-0.2, 0) is 0 Å². The summed E-state index contributed by atoms with van der Waals surface area (Å²) in [5, 5.41) is 17.2. The fraction of sp³-hybridized carbons (Fsp3) is 0.357. The number of hydrogen-bond acceptors (Lipinski definition) is 2. The van der Waals surface area contributed by atoms with Crippen molar-refractivity contribution >= 4 is 0 Å². The minimum Gasteiger partial charge on any atom is -0.388 e. The van der Waals surface area contributed by atoms with E-state index in [0.717, 1.165) is 29.7 Å². The number of aromatic nitrogens is 2. The van der Waals surface area contributed by atoms with Gasteiger partial charge in [-0.1, -0.05) is 6.42 Å². The van der Waals surface area contributed by atoms with E-state index < -0.39 is 6.10 Å². The predicted octanol–water partition coefficient (Wildman–Crippen LogP) is 3.05. The zero-order chi connectivity index (χ0) is 12.5. The van der Waals surface area contributed by atoms with E-state index in [1.807, 2.05) is 0 Å². The summed E-state index contributed by atoms with van der Waals surface area (Å²) in [5.74, 6) is 0.0705. The summed E-state index contributed by atoms with van der Waals surface area (Å²) in [6.07, 6.45) is 4.51. The number of nitrogens with zero attached hydrogens (tertiary/aromatic N) is 1. The third-order valence-corrected chi connectivity index (χ3v) is 3.72. The first kappa shape index (κ1) is 11.4. The number of nitrogens with one attached hydrogen (secondary N) is 1. The maximum atomic E-state index is 12.9. The van der Waals surface area contributed by atoms with Crippen molar-refractivity contribution in [1.82, 2.24) is 10.2 Å². The first-order chi connectivity index (χ1) is 8.75. The molecule has 1 fully saturated rings. The third-order valence-electron chi connectivity index (χ3n) is 3.72. The molecule has 0 aliphatic heterocycles. The highest BCUT2D eigenvalue weighted by molar-refractivity contribution is 5.63. The van der Waals surface area contributed by atoms with Crippen LogP contribution in [0.15, 0.2) is 30.5 Å². The second-order valence-corrected chi connectivity index (χ2v) is 4.84. The van der Waals surface area contributed by atoms with Crippen LogP contribution in [0, 0.1) is 11.7 Å². The van der Waals surface area contributed by atoms with Gasteiger partial charge in [-0.05, 0) is 43.0 Å². The van der Waals surface area contributed by atoms with Crippen molar-refractivity contribution < 1.29 is 9.50 Å². The lowest BCUT2D eigenvalue weighted by Gasteiger charge is -2.30. The molecule has 18 heavy (non-hydrogen) atoms. The molecule has 0 saturated heterocycles. The topological polar surface area (TPSA) is 48.9 Å². The molecule has 1 aliphatic carbocycles. The van der Waals surface area contributed by atoms with Gasteiger partial charge >= 0.3 is 0 Å². The van der Waals surface area contributed by atoms with Crippen LogP contribution in [0.4, 0.5) is 4.39 Å². The average Bonchev–Trinajstić information content (AvgIpc) is 2.76. The van der Waals surface area contributed by atoms with E-state index in [1.165, 1.54) is 18.6 Å². The maximum Gasteiger partial charge on any atom is 0.123 e. The second kappa shape index (κ2) is 4.53. The van der Waals surface area contributed by atoms with Crippen molar-refractivity contribution in [3.63, 3.8) is 0 Å². The normalized spacial score (nSPS) is 17.4. The highest BCUT2D eigenvalue weighted by atomic mass is 19.1. The number of aliphatic hydroxyl groups is 1. The molecule has 1 saturated carbocycles. The molecular weight excluding hydrogens is 231 g/mol. The molecule has 1 heterocycles. The number of benzene rings is 1. The molecule has 0 amide bonds. The van der Waals surface area contributed by atoms with Crippen molar-refractivity contribution in [2.75, 3.05) is 0 Å². The Kier molecular flexibility index (Phi) is 2.88.